The van der Waals surface area contributed by atoms with Crippen molar-refractivity contribution in [2.45, 2.75) is 58.0 Å². The first-order valence-electron chi connectivity index (χ1n) is 9.22. The van der Waals surface area contributed by atoms with Crippen molar-refractivity contribution in [1.29, 1.82) is 0 Å². The molecule has 0 bridgehead atoms. The van der Waals surface area contributed by atoms with Crippen molar-refractivity contribution in [3.63, 3.8) is 0 Å². The topological polar surface area (TPSA) is 79.6 Å². The molecule has 2 N–H and O–H groups in total. The Labute approximate surface area is 148 Å². The maximum atomic E-state index is 12.6. The number of nitrogens with one attached hydrogen (secondary N) is 1. The monoisotopic (exact) mass is 348 g/mol. The van der Waals surface area contributed by atoms with Gasteiger partial charge in [0.1, 0.15) is 18.1 Å². The first kappa shape index (κ1) is 17.0. The highest BCUT2D eigenvalue weighted by atomic mass is 16.5. The number of aliphatic hydroxyl groups excluding tert-OH is 1. The summed E-state index contributed by atoms with van der Waals surface area (Å²) in [5.74, 6) is 1.14. The molecule has 7 nitrogen and oxygen atoms in total. The van der Waals surface area contributed by atoms with Crippen molar-refractivity contribution in [2.24, 2.45) is 11.3 Å². The van der Waals surface area contributed by atoms with Crippen LogP contribution in [0.1, 0.15) is 43.0 Å². The van der Waals surface area contributed by atoms with Crippen LogP contribution < -0.4 is 5.32 Å². The molecule has 1 amide bonds. The molecule has 3 aliphatic rings. The molecule has 4 rings (SSSR count). The number of hydrogen-bond donors (Lipinski definition) is 2. The zero-order valence-corrected chi connectivity index (χ0v) is 15.2. The fraction of sp³-hybridized carbons (Fsp3) is 0.778. The SMILES string of the molecule is CC(C)C1N(C)CC12C[C@@H](O)[C@H](NC(=O)c1cn3c(n1)COCC3)C2. The lowest BCUT2D eigenvalue weighted by Crippen LogP contribution is -2.64. The quantitative estimate of drug-likeness (QED) is 0.837. The van der Waals surface area contributed by atoms with E-state index in [4.69, 9.17) is 4.74 Å². The maximum absolute atomic E-state index is 12.6. The lowest BCUT2D eigenvalue weighted by Gasteiger charge is -2.57. The van der Waals surface area contributed by atoms with Crippen molar-refractivity contribution < 1.29 is 14.6 Å². The van der Waals surface area contributed by atoms with Crippen LogP contribution in [0.25, 0.3) is 0 Å². The summed E-state index contributed by atoms with van der Waals surface area (Å²) in [5.41, 5.74) is 0.543. The third kappa shape index (κ3) is 2.78. The van der Waals surface area contributed by atoms with E-state index in [1.54, 1.807) is 6.20 Å². The molecule has 3 heterocycles. The Morgan fingerprint density at radius 2 is 2.28 bits per heavy atom. The largest absolute Gasteiger partial charge is 0.391 e. The van der Waals surface area contributed by atoms with Gasteiger partial charge in [0, 0.05) is 30.7 Å². The van der Waals surface area contributed by atoms with Gasteiger partial charge in [-0.2, -0.15) is 0 Å². The smallest absolute Gasteiger partial charge is 0.271 e. The second-order valence-corrected chi connectivity index (χ2v) is 8.31. The Morgan fingerprint density at radius 3 is 2.96 bits per heavy atom. The van der Waals surface area contributed by atoms with E-state index < -0.39 is 6.10 Å². The van der Waals surface area contributed by atoms with E-state index in [1.807, 2.05) is 4.57 Å². The first-order chi connectivity index (χ1) is 11.9. The van der Waals surface area contributed by atoms with Gasteiger partial charge < -0.3 is 24.6 Å². The average Bonchev–Trinajstić information content (AvgIpc) is 3.09. The van der Waals surface area contributed by atoms with Gasteiger partial charge >= 0.3 is 0 Å². The summed E-state index contributed by atoms with van der Waals surface area (Å²) in [6, 6.07) is 0.276. The zero-order valence-electron chi connectivity index (χ0n) is 15.2. The molecule has 138 valence electrons. The van der Waals surface area contributed by atoms with Crippen LogP contribution in [0.5, 0.6) is 0 Å². The number of aliphatic hydroxyl groups is 1. The highest BCUT2D eigenvalue weighted by molar-refractivity contribution is 5.92. The second kappa shape index (κ2) is 6.07. The van der Waals surface area contributed by atoms with Gasteiger partial charge in [-0.3, -0.25) is 4.79 Å². The van der Waals surface area contributed by atoms with Crippen LogP contribution in [0.2, 0.25) is 0 Å². The highest BCUT2D eigenvalue weighted by Crippen LogP contribution is 2.52. The highest BCUT2D eigenvalue weighted by Gasteiger charge is 2.58. The van der Waals surface area contributed by atoms with E-state index in [0.717, 1.165) is 31.8 Å². The van der Waals surface area contributed by atoms with Gasteiger partial charge in [0.25, 0.3) is 5.91 Å². The van der Waals surface area contributed by atoms with Crippen LogP contribution in [0.4, 0.5) is 0 Å². The van der Waals surface area contributed by atoms with Gasteiger partial charge in [0.15, 0.2) is 0 Å². The van der Waals surface area contributed by atoms with Crippen molar-refractivity contribution in [3.05, 3.63) is 17.7 Å². The summed E-state index contributed by atoms with van der Waals surface area (Å²) in [4.78, 5) is 19.4. The number of ether oxygens (including phenoxy) is 1. The van der Waals surface area contributed by atoms with E-state index in [2.05, 4.69) is 36.1 Å². The van der Waals surface area contributed by atoms with E-state index in [1.165, 1.54) is 0 Å². The molecule has 1 aliphatic carbocycles. The minimum atomic E-state index is -0.487. The molecule has 2 unspecified atom stereocenters. The average molecular weight is 348 g/mol. The summed E-state index contributed by atoms with van der Waals surface area (Å²) in [7, 11) is 2.14. The Morgan fingerprint density at radius 1 is 1.48 bits per heavy atom. The minimum absolute atomic E-state index is 0.127. The molecule has 0 aromatic carbocycles. The van der Waals surface area contributed by atoms with E-state index in [9.17, 15) is 9.90 Å². The summed E-state index contributed by atoms with van der Waals surface area (Å²) in [6.07, 6.45) is 2.90. The number of carbonyl (C=O) groups excluding carboxylic acids is 1. The maximum Gasteiger partial charge on any atom is 0.271 e. The molecule has 25 heavy (non-hydrogen) atoms. The third-order valence-electron chi connectivity index (χ3n) is 6.12. The molecular weight excluding hydrogens is 320 g/mol. The van der Waals surface area contributed by atoms with Gasteiger partial charge in [0.2, 0.25) is 0 Å². The molecule has 1 aromatic rings. The number of rotatable bonds is 3. The van der Waals surface area contributed by atoms with E-state index >= 15 is 0 Å². The van der Waals surface area contributed by atoms with Crippen LogP contribution in [0.3, 0.4) is 0 Å². The van der Waals surface area contributed by atoms with Crippen molar-refractivity contribution in [2.75, 3.05) is 20.2 Å². The Hall–Kier alpha value is -1.44. The van der Waals surface area contributed by atoms with E-state index in [0.29, 0.717) is 30.9 Å². The third-order valence-corrected chi connectivity index (χ3v) is 6.12. The number of fused-ring (bicyclic) bond motifs is 1. The number of aromatic nitrogens is 2. The van der Waals surface area contributed by atoms with Gasteiger partial charge in [-0.1, -0.05) is 13.8 Å². The normalized spacial score (nSPS) is 35.0. The van der Waals surface area contributed by atoms with Crippen molar-refractivity contribution >= 4 is 5.91 Å². The summed E-state index contributed by atoms with van der Waals surface area (Å²) in [5, 5.41) is 13.6. The van der Waals surface area contributed by atoms with Crippen LogP contribution in [-0.4, -0.2) is 63.9 Å². The minimum Gasteiger partial charge on any atom is -0.391 e. The predicted octanol–water partition coefficient (Wildman–Crippen LogP) is 0.623. The number of imidazole rings is 1. The van der Waals surface area contributed by atoms with Crippen LogP contribution in [-0.2, 0) is 17.9 Å². The van der Waals surface area contributed by atoms with Crippen LogP contribution in [0.15, 0.2) is 6.20 Å². The molecule has 4 atom stereocenters. The Kier molecular flexibility index (Phi) is 4.13. The molecule has 1 spiro atoms. The lowest BCUT2D eigenvalue weighted by atomic mass is 9.66. The molecule has 1 saturated heterocycles. The molecule has 2 fully saturated rings. The number of hydrogen-bond acceptors (Lipinski definition) is 5. The number of carbonyl (C=O) groups is 1. The summed E-state index contributed by atoms with van der Waals surface area (Å²) >= 11 is 0. The van der Waals surface area contributed by atoms with Crippen molar-refractivity contribution in [3.8, 4) is 0 Å². The number of amides is 1. The first-order valence-corrected chi connectivity index (χ1v) is 9.22. The standard InChI is InChI=1S/C18H28N4O3/c1-11(2)16-18(10-21(16)3)6-12(14(23)7-18)20-17(24)13-8-22-4-5-25-9-15(22)19-13/h8,11-12,14,16,23H,4-7,9-10H2,1-3H3,(H,20,24)/t12-,14-,16?,18?/m1/s1. The number of nitrogens with zero attached hydrogens (tertiary/aromatic N) is 3. The lowest BCUT2D eigenvalue weighted by molar-refractivity contribution is -0.0827. The van der Waals surface area contributed by atoms with Gasteiger partial charge in [-0.15, -0.1) is 0 Å². The molecule has 7 heteroatoms. The van der Waals surface area contributed by atoms with Crippen LogP contribution >= 0.6 is 0 Å². The number of likely N-dealkylation sites (tertiary alicyclic amines) is 1. The van der Waals surface area contributed by atoms with Gasteiger partial charge in [-0.25, -0.2) is 4.98 Å². The van der Waals surface area contributed by atoms with Crippen molar-refractivity contribution in [1.82, 2.24) is 19.8 Å². The Bertz CT molecular complexity index is 645. The molecule has 2 aliphatic heterocycles. The zero-order chi connectivity index (χ0) is 17.8. The van der Waals surface area contributed by atoms with E-state index in [-0.39, 0.29) is 17.4 Å². The summed E-state index contributed by atoms with van der Waals surface area (Å²) < 4.78 is 7.35. The van der Waals surface area contributed by atoms with Crippen LogP contribution in [0, 0.1) is 11.3 Å². The van der Waals surface area contributed by atoms with Gasteiger partial charge in [0.05, 0.1) is 18.8 Å². The second-order valence-electron chi connectivity index (χ2n) is 8.31. The summed E-state index contributed by atoms with van der Waals surface area (Å²) in [6.45, 7) is 7.29. The fourth-order valence-corrected chi connectivity index (χ4v) is 5.43. The molecule has 1 saturated carbocycles. The molecular formula is C18H28N4O3. The fourth-order valence-electron chi connectivity index (χ4n) is 5.43. The molecule has 1 aromatic heterocycles. The molecule has 0 radical (unpaired) electrons. The Balaban J connectivity index is 1.44. The van der Waals surface area contributed by atoms with Gasteiger partial charge in [-0.05, 0) is 25.8 Å². The predicted molar refractivity (Wildman–Crippen MR) is 92.1 cm³/mol.